The summed E-state index contributed by atoms with van der Waals surface area (Å²) < 4.78 is 4.68. The van der Waals surface area contributed by atoms with E-state index in [1.165, 1.54) is 7.11 Å². The summed E-state index contributed by atoms with van der Waals surface area (Å²) in [5, 5.41) is 0. The molecule has 1 atom stereocenters. The van der Waals surface area contributed by atoms with Crippen LogP contribution in [0, 0.1) is 0 Å². The maximum atomic E-state index is 5.26. The molecule has 5 heteroatoms. The lowest BCUT2D eigenvalue weighted by Crippen LogP contribution is -2.39. The third-order valence-electron chi connectivity index (χ3n) is 0.777. The van der Waals surface area contributed by atoms with E-state index in [4.69, 9.17) is 5.73 Å². The van der Waals surface area contributed by atoms with E-state index in [-0.39, 0.29) is 6.29 Å². The lowest BCUT2D eigenvalue weighted by atomic mass is 10.9. The molecule has 1 aliphatic rings. The van der Waals surface area contributed by atoms with E-state index < -0.39 is 0 Å². The van der Waals surface area contributed by atoms with E-state index in [1.807, 2.05) is 0 Å². The molecular formula is C3H8N4O. The highest BCUT2D eigenvalue weighted by molar-refractivity contribution is 5.74. The fourth-order valence-electron chi connectivity index (χ4n) is 0.430. The van der Waals surface area contributed by atoms with Gasteiger partial charge in [-0.3, -0.25) is 11.2 Å². The Balaban J connectivity index is 2.44. The van der Waals surface area contributed by atoms with Crippen molar-refractivity contribution >= 4 is 6.02 Å². The number of aliphatic imine (C=N–C) groups is 1. The minimum atomic E-state index is -0.370. The van der Waals surface area contributed by atoms with Crippen molar-refractivity contribution in [1.82, 2.24) is 10.9 Å². The van der Waals surface area contributed by atoms with Crippen molar-refractivity contribution in [3.05, 3.63) is 0 Å². The minimum absolute atomic E-state index is 0.370. The van der Waals surface area contributed by atoms with Crippen LogP contribution < -0.4 is 16.6 Å². The van der Waals surface area contributed by atoms with E-state index >= 15 is 0 Å². The third-order valence-corrected chi connectivity index (χ3v) is 0.777. The van der Waals surface area contributed by atoms with Crippen molar-refractivity contribution in [3.63, 3.8) is 0 Å². The van der Waals surface area contributed by atoms with Gasteiger partial charge >= 0.3 is 6.02 Å². The summed E-state index contributed by atoms with van der Waals surface area (Å²) in [4.78, 5) is 3.76. The Hall–Kier alpha value is -0.810. The number of hydrogen-bond donors (Lipinski definition) is 3. The zero-order chi connectivity index (χ0) is 5.98. The summed E-state index contributed by atoms with van der Waals surface area (Å²) in [6.45, 7) is 0. The Labute approximate surface area is 46.9 Å². The molecule has 0 aromatic rings. The molecule has 0 aromatic heterocycles. The van der Waals surface area contributed by atoms with Crippen molar-refractivity contribution in [2.45, 2.75) is 6.29 Å². The van der Waals surface area contributed by atoms with Crippen LogP contribution >= 0.6 is 0 Å². The normalized spacial score (nSPS) is 26.8. The molecule has 1 aliphatic heterocycles. The molecule has 5 nitrogen and oxygen atoms in total. The quantitative estimate of drug-likeness (QED) is 0.354. The summed E-state index contributed by atoms with van der Waals surface area (Å²) >= 11 is 0. The minimum Gasteiger partial charge on any atom is -0.468 e. The van der Waals surface area contributed by atoms with Crippen LogP contribution in [0.15, 0.2) is 4.99 Å². The van der Waals surface area contributed by atoms with Gasteiger partial charge in [0, 0.05) is 0 Å². The number of nitrogens with one attached hydrogen (secondary N) is 2. The molecule has 1 unspecified atom stereocenters. The smallest absolute Gasteiger partial charge is 0.302 e. The van der Waals surface area contributed by atoms with Gasteiger partial charge in [0.15, 0.2) is 6.29 Å². The highest BCUT2D eigenvalue weighted by Crippen LogP contribution is 1.83. The average molecular weight is 116 g/mol. The first-order valence-corrected chi connectivity index (χ1v) is 2.22. The molecule has 0 amide bonds. The summed E-state index contributed by atoms with van der Waals surface area (Å²) in [5.74, 6) is 0. The highest BCUT2D eigenvalue weighted by Gasteiger charge is 2.09. The lowest BCUT2D eigenvalue weighted by Gasteiger charge is -1.96. The van der Waals surface area contributed by atoms with Gasteiger partial charge in [-0.15, -0.1) is 0 Å². The van der Waals surface area contributed by atoms with E-state index in [9.17, 15) is 0 Å². The van der Waals surface area contributed by atoms with E-state index in [0.717, 1.165) is 0 Å². The van der Waals surface area contributed by atoms with Crippen molar-refractivity contribution in [2.24, 2.45) is 10.7 Å². The molecule has 0 aliphatic carbocycles. The van der Waals surface area contributed by atoms with Crippen LogP contribution in [0.4, 0.5) is 0 Å². The van der Waals surface area contributed by atoms with Crippen LogP contribution in [0.25, 0.3) is 0 Å². The van der Waals surface area contributed by atoms with Gasteiger partial charge in [-0.05, 0) is 0 Å². The Bertz CT molecular complexity index is 112. The van der Waals surface area contributed by atoms with Crippen molar-refractivity contribution in [3.8, 4) is 0 Å². The molecule has 1 heterocycles. The fourth-order valence-corrected chi connectivity index (χ4v) is 0.430. The number of methoxy groups -OCH3 is 1. The maximum Gasteiger partial charge on any atom is 0.302 e. The predicted molar refractivity (Wildman–Crippen MR) is 28.7 cm³/mol. The van der Waals surface area contributed by atoms with Gasteiger partial charge < -0.3 is 4.74 Å². The number of nitrogens with two attached hydrogens (primary N) is 1. The number of nitrogens with zero attached hydrogens (tertiary/aromatic N) is 1. The number of rotatable bonds is 0. The topological polar surface area (TPSA) is 71.7 Å². The molecular weight excluding hydrogens is 108 g/mol. The molecule has 1 rings (SSSR count). The fraction of sp³-hybridized carbons (Fsp3) is 0.667. The number of hydrogen-bond acceptors (Lipinski definition) is 5. The first-order valence-electron chi connectivity index (χ1n) is 2.22. The van der Waals surface area contributed by atoms with Crippen LogP contribution in [0.5, 0.6) is 0 Å². The van der Waals surface area contributed by atoms with E-state index in [2.05, 4.69) is 20.6 Å². The van der Waals surface area contributed by atoms with Crippen molar-refractivity contribution in [2.75, 3.05) is 7.11 Å². The maximum absolute atomic E-state index is 5.26. The summed E-state index contributed by atoms with van der Waals surface area (Å²) in [6.07, 6.45) is -0.370. The average Bonchev–Trinajstić information content (AvgIpc) is 2.14. The molecule has 0 fully saturated rings. The number of hydrazine groups is 1. The van der Waals surface area contributed by atoms with E-state index in [0.29, 0.717) is 6.02 Å². The van der Waals surface area contributed by atoms with Gasteiger partial charge in [0.25, 0.3) is 0 Å². The van der Waals surface area contributed by atoms with Gasteiger partial charge in [0.2, 0.25) is 0 Å². The zero-order valence-corrected chi connectivity index (χ0v) is 4.51. The zero-order valence-electron chi connectivity index (χ0n) is 4.51. The molecule has 0 aromatic carbocycles. The molecule has 0 radical (unpaired) electrons. The lowest BCUT2D eigenvalue weighted by molar-refractivity contribution is 0.382. The molecule has 0 bridgehead atoms. The molecule has 4 N–H and O–H groups in total. The molecule has 8 heavy (non-hydrogen) atoms. The Morgan fingerprint density at radius 3 is 2.88 bits per heavy atom. The van der Waals surface area contributed by atoms with Crippen LogP contribution in [0.2, 0.25) is 0 Å². The second-order valence-electron chi connectivity index (χ2n) is 1.35. The first-order chi connectivity index (χ1) is 3.83. The number of ether oxygens (including phenoxy) is 1. The molecule has 0 saturated carbocycles. The summed E-state index contributed by atoms with van der Waals surface area (Å²) in [6, 6.07) is 0.428. The third kappa shape index (κ3) is 0.877. The van der Waals surface area contributed by atoms with Crippen LogP contribution in [-0.4, -0.2) is 19.4 Å². The van der Waals surface area contributed by atoms with Crippen LogP contribution in [0.3, 0.4) is 0 Å². The second kappa shape index (κ2) is 1.97. The molecule has 46 valence electrons. The Morgan fingerprint density at radius 1 is 1.88 bits per heavy atom. The summed E-state index contributed by atoms with van der Waals surface area (Å²) in [7, 11) is 1.52. The van der Waals surface area contributed by atoms with E-state index in [1.54, 1.807) is 0 Å². The standard InChI is InChI=1S/C3H8N4O/c1-8-3-5-2(4)6-7-3/h2,6H,4H2,1H3,(H,5,7). The van der Waals surface area contributed by atoms with Crippen molar-refractivity contribution < 1.29 is 4.74 Å². The Kier molecular flexibility index (Phi) is 1.32. The largest absolute Gasteiger partial charge is 0.468 e. The van der Waals surface area contributed by atoms with Gasteiger partial charge in [-0.1, -0.05) is 0 Å². The Morgan fingerprint density at radius 2 is 2.62 bits per heavy atom. The van der Waals surface area contributed by atoms with Crippen LogP contribution in [0.1, 0.15) is 0 Å². The molecule has 0 spiro atoms. The molecule has 0 saturated heterocycles. The second-order valence-corrected chi connectivity index (χ2v) is 1.35. The van der Waals surface area contributed by atoms with Crippen LogP contribution in [-0.2, 0) is 4.74 Å². The SMILES string of the molecule is COC1=NC(N)NN1. The monoisotopic (exact) mass is 116 g/mol. The first kappa shape index (κ1) is 5.33. The van der Waals surface area contributed by atoms with Gasteiger partial charge in [-0.25, -0.2) is 0 Å². The van der Waals surface area contributed by atoms with Gasteiger partial charge in [0.1, 0.15) is 0 Å². The van der Waals surface area contributed by atoms with Crippen molar-refractivity contribution in [1.29, 1.82) is 0 Å². The predicted octanol–water partition coefficient (Wildman–Crippen LogP) is -1.66. The highest BCUT2D eigenvalue weighted by atomic mass is 16.5. The number of amidine groups is 1. The van der Waals surface area contributed by atoms with Gasteiger partial charge in [0.05, 0.1) is 7.11 Å². The van der Waals surface area contributed by atoms with Gasteiger partial charge in [-0.2, -0.15) is 10.4 Å². The summed E-state index contributed by atoms with van der Waals surface area (Å²) in [5.41, 5.74) is 10.5.